The first kappa shape index (κ1) is 24.8. The van der Waals surface area contributed by atoms with Crippen LogP contribution in [0.4, 0.5) is 0 Å². The van der Waals surface area contributed by atoms with Crippen LogP contribution in [0.1, 0.15) is 30.4 Å². The van der Waals surface area contributed by atoms with Crippen LogP contribution in [-0.4, -0.2) is 53.4 Å². The van der Waals surface area contributed by atoms with Crippen molar-refractivity contribution in [1.29, 1.82) is 0 Å². The maximum Gasteiger partial charge on any atom is 0.183 e. The summed E-state index contributed by atoms with van der Waals surface area (Å²) in [7, 11) is 0. The minimum atomic E-state index is -1.33. The number of Topliss-reactive ketones (excluding diaryl/α,β-unsaturated/α-hetero) is 1. The molecule has 0 spiro atoms. The summed E-state index contributed by atoms with van der Waals surface area (Å²) in [4.78, 5) is 17.9. The van der Waals surface area contributed by atoms with Crippen LogP contribution >= 0.6 is 24.8 Å². The fraction of sp³-hybridized carbons (Fsp3) is 0.458. The molecule has 1 N–H and O–H groups in total. The molecule has 4 rings (SSSR count). The predicted octanol–water partition coefficient (Wildman–Crippen LogP) is 3.90. The van der Waals surface area contributed by atoms with E-state index in [9.17, 15) is 9.90 Å². The van der Waals surface area contributed by atoms with Crippen LogP contribution in [0.15, 0.2) is 60.7 Å². The normalized spacial score (nSPS) is 19.6. The van der Waals surface area contributed by atoms with Crippen molar-refractivity contribution in [1.82, 2.24) is 9.80 Å². The van der Waals surface area contributed by atoms with Crippen LogP contribution in [0.5, 0.6) is 0 Å². The van der Waals surface area contributed by atoms with Crippen LogP contribution in [0.2, 0.25) is 0 Å². The number of aliphatic hydroxyl groups is 1. The molecule has 0 radical (unpaired) electrons. The number of rotatable bonds is 7. The van der Waals surface area contributed by atoms with E-state index in [-0.39, 0.29) is 36.5 Å². The van der Waals surface area contributed by atoms with Crippen molar-refractivity contribution in [3.63, 3.8) is 0 Å². The number of halogens is 2. The van der Waals surface area contributed by atoms with E-state index in [0.29, 0.717) is 6.54 Å². The van der Waals surface area contributed by atoms with Gasteiger partial charge in [0.2, 0.25) is 0 Å². The molecule has 1 unspecified atom stereocenters. The molecule has 6 heteroatoms. The van der Waals surface area contributed by atoms with Crippen LogP contribution in [0.3, 0.4) is 0 Å². The Bertz CT molecular complexity index is 778. The molecule has 2 aliphatic rings. The van der Waals surface area contributed by atoms with Gasteiger partial charge in [0.25, 0.3) is 0 Å². The molecule has 0 bridgehead atoms. The minimum absolute atomic E-state index is 0. The molecule has 2 fully saturated rings. The number of carbonyl (C=O) groups excluding carboxylic acids is 1. The van der Waals surface area contributed by atoms with E-state index in [1.54, 1.807) is 0 Å². The van der Waals surface area contributed by atoms with Gasteiger partial charge in [0.15, 0.2) is 11.4 Å². The third kappa shape index (κ3) is 5.43. The number of carbonyl (C=O) groups is 1. The third-order valence-electron chi connectivity index (χ3n) is 6.42. The zero-order valence-electron chi connectivity index (χ0n) is 17.3. The van der Waals surface area contributed by atoms with Crippen molar-refractivity contribution >= 4 is 30.6 Å². The van der Waals surface area contributed by atoms with Gasteiger partial charge >= 0.3 is 0 Å². The lowest BCUT2D eigenvalue weighted by Gasteiger charge is -2.42. The largest absolute Gasteiger partial charge is 0.377 e. The molecule has 2 aromatic carbocycles. The highest BCUT2D eigenvalue weighted by Crippen LogP contribution is 2.43. The van der Waals surface area contributed by atoms with E-state index in [1.165, 1.54) is 5.56 Å². The number of ketones is 1. The van der Waals surface area contributed by atoms with Gasteiger partial charge in [0, 0.05) is 32.7 Å². The number of nitrogens with zero attached hydrogens (tertiary/aromatic N) is 2. The number of benzene rings is 2. The smallest absolute Gasteiger partial charge is 0.183 e. The quantitative estimate of drug-likeness (QED) is 0.694. The first-order chi connectivity index (χ1) is 13.7. The number of piperazine rings is 1. The Kier molecular flexibility index (Phi) is 9.32. The van der Waals surface area contributed by atoms with Gasteiger partial charge in [-0.05, 0) is 29.9 Å². The van der Waals surface area contributed by atoms with Gasteiger partial charge in [-0.2, -0.15) is 0 Å². The van der Waals surface area contributed by atoms with Crippen LogP contribution < -0.4 is 0 Å². The van der Waals surface area contributed by atoms with Crippen LogP contribution in [0.25, 0.3) is 0 Å². The Morgan fingerprint density at radius 2 is 1.40 bits per heavy atom. The molecule has 1 heterocycles. The minimum Gasteiger partial charge on any atom is -0.377 e. The second kappa shape index (κ2) is 11.3. The monoisotopic (exact) mass is 450 g/mol. The average molecular weight is 451 g/mol. The molecule has 4 nitrogen and oxygen atoms in total. The maximum atomic E-state index is 13.2. The Balaban J connectivity index is 0.00000160. The highest BCUT2D eigenvalue weighted by molar-refractivity contribution is 5.90. The molecular formula is C24H32Cl2N2O2. The van der Waals surface area contributed by atoms with Crippen molar-refractivity contribution in [2.45, 2.75) is 31.4 Å². The number of hydrogen-bond acceptors (Lipinski definition) is 4. The summed E-state index contributed by atoms with van der Waals surface area (Å²) in [6.07, 6.45) is 2.97. The average Bonchev–Trinajstić information content (AvgIpc) is 2.69. The highest BCUT2D eigenvalue weighted by atomic mass is 35.5. The van der Waals surface area contributed by atoms with E-state index in [0.717, 1.165) is 57.5 Å². The molecule has 1 atom stereocenters. The molecule has 1 aliphatic heterocycles. The van der Waals surface area contributed by atoms with Crippen molar-refractivity contribution in [3.8, 4) is 0 Å². The molecule has 2 aromatic rings. The zero-order valence-corrected chi connectivity index (χ0v) is 18.9. The SMILES string of the molecule is Cl.Cl.O=C(CN1CCN(Cc2ccccc2)CC1)C(O)(c1ccccc1)C1CCC1. The molecule has 1 saturated heterocycles. The van der Waals surface area contributed by atoms with E-state index in [1.807, 2.05) is 36.4 Å². The summed E-state index contributed by atoms with van der Waals surface area (Å²) in [5.41, 5.74) is 0.753. The lowest BCUT2D eigenvalue weighted by atomic mass is 9.67. The first-order valence-electron chi connectivity index (χ1n) is 10.5. The lowest BCUT2D eigenvalue weighted by Crippen LogP contribution is -2.53. The van der Waals surface area contributed by atoms with Gasteiger partial charge < -0.3 is 5.11 Å². The van der Waals surface area contributed by atoms with Crippen molar-refractivity contribution in [3.05, 3.63) is 71.8 Å². The van der Waals surface area contributed by atoms with Crippen LogP contribution in [-0.2, 0) is 16.9 Å². The van der Waals surface area contributed by atoms with Crippen molar-refractivity contribution < 1.29 is 9.90 Å². The fourth-order valence-corrected chi connectivity index (χ4v) is 4.41. The predicted molar refractivity (Wildman–Crippen MR) is 125 cm³/mol. The van der Waals surface area contributed by atoms with Crippen molar-refractivity contribution in [2.24, 2.45) is 5.92 Å². The van der Waals surface area contributed by atoms with Gasteiger partial charge in [0.05, 0.1) is 6.54 Å². The van der Waals surface area contributed by atoms with E-state index in [4.69, 9.17) is 0 Å². The Labute approximate surface area is 192 Å². The molecular weight excluding hydrogens is 419 g/mol. The summed E-state index contributed by atoms with van der Waals surface area (Å²) >= 11 is 0. The number of hydrogen-bond donors (Lipinski definition) is 1. The van der Waals surface area contributed by atoms with Gasteiger partial charge in [0.1, 0.15) is 0 Å². The Morgan fingerprint density at radius 1 is 0.867 bits per heavy atom. The zero-order chi connectivity index (χ0) is 19.4. The second-order valence-corrected chi connectivity index (χ2v) is 8.22. The molecule has 164 valence electrons. The highest BCUT2D eigenvalue weighted by Gasteiger charge is 2.47. The summed E-state index contributed by atoms with van der Waals surface area (Å²) in [5, 5.41) is 11.5. The summed E-state index contributed by atoms with van der Waals surface area (Å²) in [6, 6.07) is 20.1. The fourth-order valence-electron chi connectivity index (χ4n) is 4.41. The molecule has 1 saturated carbocycles. The van der Waals surface area contributed by atoms with Gasteiger partial charge in [-0.3, -0.25) is 14.6 Å². The summed E-state index contributed by atoms with van der Waals surface area (Å²) in [5.74, 6) is 0.0154. The van der Waals surface area contributed by atoms with Gasteiger partial charge in [-0.15, -0.1) is 24.8 Å². The van der Waals surface area contributed by atoms with E-state index < -0.39 is 5.60 Å². The maximum absolute atomic E-state index is 13.2. The van der Waals surface area contributed by atoms with Crippen LogP contribution in [0, 0.1) is 5.92 Å². The second-order valence-electron chi connectivity index (χ2n) is 8.22. The molecule has 30 heavy (non-hydrogen) atoms. The molecule has 0 amide bonds. The first-order valence-corrected chi connectivity index (χ1v) is 10.5. The summed E-state index contributed by atoms with van der Waals surface area (Å²) in [6.45, 7) is 4.94. The Hall–Kier alpha value is -1.43. The van der Waals surface area contributed by atoms with E-state index in [2.05, 4.69) is 34.1 Å². The third-order valence-corrected chi connectivity index (χ3v) is 6.42. The summed E-state index contributed by atoms with van der Waals surface area (Å²) < 4.78 is 0. The van der Waals surface area contributed by atoms with E-state index >= 15 is 0 Å². The molecule has 0 aromatic heterocycles. The topological polar surface area (TPSA) is 43.8 Å². The standard InChI is InChI=1S/C24H30N2O2.2ClH/c27-23(24(28,22-12-7-13-22)21-10-5-2-6-11-21)19-26-16-14-25(15-17-26)18-20-8-3-1-4-9-20;;/h1-6,8-11,22,28H,7,12-19H2;2*1H. The van der Waals surface area contributed by atoms with Gasteiger partial charge in [-0.1, -0.05) is 67.1 Å². The lowest BCUT2D eigenvalue weighted by molar-refractivity contribution is -0.151. The van der Waals surface area contributed by atoms with Crippen molar-refractivity contribution in [2.75, 3.05) is 32.7 Å². The Morgan fingerprint density at radius 3 is 1.93 bits per heavy atom. The van der Waals surface area contributed by atoms with Gasteiger partial charge in [-0.25, -0.2) is 0 Å². The molecule has 1 aliphatic carbocycles.